The Labute approximate surface area is 156 Å². The first-order chi connectivity index (χ1) is 12.9. The second-order valence-corrected chi connectivity index (χ2v) is 7.85. The van der Waals surface area contributed by atoms with Gasteiger partial charge in [0, 0.05) is 29.3 Å². The second kappa shape index (κ2) is 6.40. The van der Waals surface area contributed by atoms with Crippen LogP contribution < -0.4 is 10.0 Å². The summed E-state index contributed by atoms with van der Waals surface area (Å²) in [7, 11) is -3.72. The lowest BCUT2D eigenvalue weighted by Gasteiger charge is -2.10. The van der Waals surface area contributed by atoms with Gasteiger partial charge in [-0.2, -0.15) is 0 Å². The number of nitrogens with zero attached hydrogens (tertiary/aromatic N) is 1. The zero-order chi connectivity index (χ0) is 19.0. The van der Waals surface area contributed by atoms with E-state index in [1.807, 2.05) is 6.92 Å². The molecule has 7 nitrogen and oxygen atoms in total. The van der Waals surface area contributed by atoms with E-state index in [1.54, 1.807) is 60.9 Å². The van der Waals surface area contributed by atoms with Crippen molar-refractivity contribution in [2.24, 2.45) is 0 Å². The van der Waals surface area contributed by atoms with Crippen LogP contribution in [-0.2, 0) is 14.8 Å². The summed E-state index contributed by atoms with van der Waals surface area (Å²) >= 11 is 0. The number of amides is 1. The topological polar surface area (TPSA) is 104 Å². The summed E-state index contributed by atoms with van der Waals surface area (Å²) in [5.41, 5.74) is 2.99. The predicted molar refractivity (Wildman–Crippen MR) is 104 cm³/mol. The molecule has 2 aromatic carbocycles. The van der Waals surface area contributed by atoms with Gasteiger partial charge >= 0.3 is 0 Å². The van der Waals surface area contributed by atoms with Gasteiger partial charge in [-0.1, -0.05) is 17.7 Å². The molecule has 0 saturated heterocycles. The van der Waals surface area contributed by atoms with Crippen molar-refractivity contribution in [1.82, 2.24) is 9.97 Å². The van der Waals surface area contributed by atoms with Gasteiger partial charge < -0.3 is 10.3 Å². The summed E-state index contributed by atoms with van der Waals surface area (Å²) in [5, 5.41) is 2.76. The van der Waals surface area contributed by atoms with Gasteiger partial charge in [0.1, 0.15) is 5.82 Å². The molecule has 3 N–H and O–H groups in total. The van der Waals surface area contributed by atoms with Gasteiger partial charge in [-0.15, -0.1) is 0 Å². The lowest BCUT2D eigenvalue weighted by molar-refractivity contribution is -0.110. The first-order valence-electron chi connectivity index (χ1n) is 8.19. The van der Waals surface area contributed by atoms with Crippen molar-refractivity contribution in [2.45, 2.75) is 11.8 Å². The fourth-order valence-electron chi connectivity index (χ4n) is 2.82. The molecule has 0 atom stereocenters. The van der Waals surface area contributed by atoms with Gasteiger partial charge in [-0.3, -0.25) is 9.52 Å². The van der Waals surface area contributed by atoms with Crippen molar-refractivity contribution >= 4 is 39.0 Å². The molecular formula is C19H16N4O3S. The first kappa shape index (κ1) is 17.0. The maximum Gasteiger partial charge on any atom is 0.261 e. The van der Waals surface area contributed by atoms with Gasteiger partial charge in [0.25, 0.3) is 15.9 Å². The Balaban J connectivity index is 1.68. The van der Waals surface area contributed by atoms with E-state index in [1.165, 1.54) is 0 Å². The fourth-order valence-corrected chi connectivity index (χ4v) is 3.87. The molecule has 1 amide bonds. The summed E-state index contributed by atoms with van der Waals surface area (Å²) in [4.78, 5) is 19.4. The van der Waals surface area contributed by atoms with Crippen molar-refractivity contribution < 1.29 is 13.2 Å². The molecule has 136 valence electrons. The van der Waals surface area contributed by atoms with Crippen LogP contribution in [0.5, 0.6) is 0 Å². The average Bonchev–Trinajstić information content (AvgIpc) is 3.24. The number of carbonyl (C=O) groups is 1. The van der Waals surface area contributed by atoms with Crippen LogP contribution in [0.3, 0.4) is 0 Å². The largest absolute Gasteiger partial charge is 0.345 e. The third-order valence-electron chi connectivity index (χ3n) is 4.19. The van der Waals surface area contributed by atoms with Crippen molar-refractivity contribution in [3.05, 3.63) is 71.8 Å². The normalized spacial score (nSPS) is 14.9. The van der Waals surface area contributed by atoms with E-state index < -0.39 is 10.0 Å². The smallest absolute Gasteiger partial charge is 0.261 e. The SMILES string of the molecule is Cc1ccc(S(=O)(=O)Nc2ccc3c(c2)C(=Cc2ncc[nH]2)C(=O)N3)cc1. The van der Waals surface area contributed by atoms with Gasteiger partial charge in [0.15, 0.2) is 0 Å². The summed E-state index contributed by atoms with van der Waals surface area (Å²) in [5.74, 6) is 0.276. The lowest BCUT2D eigenvalue weighted by atomic mass is 10.1. The second-order valence-electron chi connectivity index (χ2n) is 6.17. The Kier molecular flexibility index (Phi) is 4.04. The van der Waals surface area contributed by atoms with Crippen LogP contribution in [0.25, 0.3) is 11.6 Å². The van der Waals surface area contributed by atoms with E-state index in [4.69, 9.17) is 0 Å². The molecule has 0 saturated carbocycles. The average molecular weight is 380 g/mol. The molecule has 8 heteroatoms. The molecule has 3 aromatic rings. The van der Waals surface area contributed by atoms with Gasteiger partial charge in [0.05, 0.1) is 10.5 Å². The fraction of sp³-hybridized carbons (Fsp3) is 0.0526. The molecular weight excluding hydrogens is 364 g/mol. The summed E-state index contributed by atoms with van der Waals surface area (Å²) in [6, 6.07) is 11.5. The van der Waals surface area contributed by atoms with Crippen LogP contribution in [0.15, 0.2) is 59.8 Å². The molecule has 1 aliphatic rings. The monoisotopic (exact) mass is 380 g/mol. The molecule has 0 spiro atoms. The number of aromatic amines is 1. The number of benzene rings is 2. The Hall–Kier alpha value is -3.39. The van der Waals surface area contributed by atoms with E-state index >= 15 is 0 Å². The summed E-state index contributed by atoms with van der Waals surface area (Å²) < 4.78 is 27.7. The highest BCUT2D eigenvalue weighted by Crippen LogP contribution is 2.35. The van der Waals surface area contributed by atoms with Crippen molar-refractivity contribution in [3.63, 3.8) is 0 Å². The highest BCUT2D eigenvalue weighted by molar-refractivity contribution is 7.92. The van der Waals surface area contributed by atoms with Gasteiger partial charge in [-0.25, -0.2) is 13.4 Å². The van der Waals surface area contributed by atoms with E-state index in [0.717, 1.165) is 5.56 Å². The van der Waals surface area contributed by atoms with Crippen molar-refractivity contribution in [1.29, 1.82) is 0 Å². The minimum Gasteiger partial charge on any atom is -0.345 e. The number of aryl methyl sites for hydroxylation is 1. The highest BCUT2D eigenvalue weighted by Gasteiger charge is 2.25. The zero-order valence-corrected chi connectivity index (χ0v) is 15.2. The zero-order valence-electron chi connectivity index (χ0n) is 14.4. The Bertz CT molecular complexity index is 1150. The maximum atomic E-state index is 12.6. The van der Waals surface area contributed by atoms with Crippen LogP contribution >= 0.6 is 0 Å². The Morgan fingerprint density at radius 2 is 1.89 bits per heavy atom. The summed E-state index contributed by atoms with van der Waals surface area (Å²) in [6.45, 7) is 1.89. The molecule has 0 unspecified atom stereocenters. The molecule has 4 rings (SSSR count). The number of nitrogens with one attached hydrogen (secondary N) is 3. The maximum absolute atomic E-state index is 12.6. The van der Waals surface area contributed by atoms with Crippen LogP contribution in [0, 0.1) is 6.92 Å². The number of carbonyl (C=O) groups excluding carboxylic acids is 1. The molecule has 0 aliphatic carbocycles. The molecule has 0 fully saturated rings. The van der Waals surface area contributed by atoms with Crippen LogP contribution in [0.1, 0.15) is 17.0 Å². The number of anilines is 2. The van der Waals surface area contributed by atoms with E-state index in [-0.39, 0.29) is 10.8 Å². The van der Waals surface area contributed by atoms with Crippen molar-refractivity contribution in [2.75, 3.05) is 10.0 Å². The molecule has 0 bridgehead atoms. The third-order valence-corrected chi connectivity index (χ3v) is 5.58. The number of imidazole rings is 1. The molecule has 27 heavy (non-hydrogen) atoms. The minimum atomic E-state index is -3.72. The van der Waals surface area contributed by atoms with E-state index in [2.05, 4.69) is 20.0 Å². The number of H-pyrrole nitrogens is 1. The van der Waals surface area contributed by atoms with Crippen LogP contribution in [0.2, 0.25) is 0 Å². The quantitative estimate of drug-likeness (QED) is 0.605. The number of hydrogen-bond donors (Lipinski definition) is 3. The standard InChI is InChI=1S/C19H16N4O3S/c1-12-2-5-14(6-3-12)27(25,26)23-13-4-7-17-15(10-13)16(19(24)22-17)11-18-20-8-9-21-18/h2-11,23H,1H3,(H,20,21)(H,22,24). The molecule has 1 aliphatic heterocycles. The third kappa shape index (κ3) is 3.34. The van der Waals surface area contributed by atoms with Crippen LogP contribution in [-0.4, -0.2) is 24.3 Å². The highest BCUT2D eigenvalue weighted by atomic mass is 32.2. The van der Waals surface area contributed by atoms with Crippen molar-refractivity contribution in [3.8, 4) is 0 Å². The van der Waals surface area contributed by atoms with Gasteiger partial charge in [-0.05, 0) is 43.3 Å². The first-order valence-corrected chi connectivity index (χ1v) is 9.67. The minimum absolute atomic E-state index is 0.175. The molecule has 0 radical (unpaired) electrons. The number of fused-ring (bicyclic) bond motifs is 1. The van der Waals surface area contributed by atoms with Crippen LogP contribution in [0.4, 0.5) is 11.4 Å². The van der Waals surface area contributed by atoms with E-state index in [0.29, 0.717) is 28.3 Å². The number of aromatic nitrogens is 2. The predicted octanol–water partition coefficient (Wildman–Crippen LogP) is 3.01. The number of rotatable bonds is 4. The number of sulfonamides is 1. The lowest BCUT2D eigenvalue weighted by Crippen LogP contribution is -2.13. The molecule has 1 aromatic heterocycles. The van der Waals surface area contributed by atoms with E-state index in [9.17, 15) is 13.2 Å². The Morgan fingerprint density at radius 1 is 1.11 bits per heavy atom. The molecule has 2 heterocycles. The van der Waals surface area contributed by atoms with Gasteiger partial charge in [0.2, 0.25) is 0 Å². The number of hydrogen-bond acceptors (Lipinski definition) is 4. The Morgan fingerprint density at radius 3 is 2.59 bits per heavy atom. The summed E-state index contributed by atoms with van der Waals surface area (Å²) in [6.07, 6.45) is 4.87.